The van der Waals surface area contributed by atoms with E-state index in [-0.39, 0.29) is 0 Å². The Balaban J connectivity index is 1.73. The predicted molar refractivity (Wildman–Crippen MR) is 138 cm³/mol. The first-order valence-electron chi connectivity index (χ1n) is 11.3. The molecule has 0 saturated heterocycles. The van der Waals surface area contributed by atoms with Crippen molar-refractivity contribution in [3.05, 3.63) is 104 Å². The molecule has 0 radical (unpaired) electrons. The lowest BCUT2D eigenvalue weighted by atomic mass is 10.0. The lowest BCUT2D eigenvalue weighted by Crippen LogP contribution is -1.97. The first-order chi connectivity index (χ1) is 16.9. The van der Waals surface area contributed by atoms with Gasteiger partial charge < -0.3 is 4.57 Å². The normalized spacial score (nSPS) is 12.1. The highest BCUT2D eigenvalue weighted by atomic mass is 15.1. The molecule has 5 heterocycles. The molecule has 3 aromatic carbocycles. The second kappa shape index (κ2) is 6.39. The van der Waals surface area contributed by atoms with Crippen molar-refractivity contribution in [1.29, 1.82) is 0 Å². The molecule has 0 aliphatic carbocycles. The van der Waals surface area contributed by atoms with E-state index in [1.165, 1.54) is 21.8 Å². The van der Waals surface area contributed by atoms with Gasteiger partial charge in [-0.2, -0.15) is 0 Å². The van der Waals surface area contributed by atoms with E-state index in [2.05, 4.69) is 91.7 Å². The van der Waals surface area contributed by atoms with Crippen LogP contribution in [0.3, 0.4) is 0 Å². The highest BCUT2D eigenvalue weighted by Crippen LogP contribution is 2.41. The average Bonchev–Trinajstić information content (AvgIpc) is 3.46. The molecule has 0 saturated carbocycles. The molecule has 0 amide bonds. The molecule has 0 atom stereocenters. The average molecular weight is 435 g/mol. The molecule has 158 valence electrons. The highest BCUT2D eigenvalue weighted by Gasteiger charge is 2.20. The lowest BCUT2D eigenvalue weighted by molar-refractivity contribution is 1.19. The van der Waals surface area contributed by atoms with Crippen molar-refractivity contribution in [3.8, 4) is 5.69 Å². The third-order valence-electron chi connectivity index (χ3n) is 6.82. The Morgan fingerprint density at radius 1 is 0.588 bits per heavy atom. The molecule has 0 unspecified atom stereocenters. The maximum Gasteiger partial charge on any atom is 0.164 e. The van der Waals surface area contributed by atoms with Gasteiger partial charge in [-0.15, -0.1) is 0 Å². The van der Waals surface area contributed by atoms with Crippen LogP contribution >= 0.6 is 0 Å². The van der Waals surface area contributed by atoms with Gasteiger partial charge in [0.2, 0.25) is 0 Å². The van der Waals surface area contributed by atoms with E-state index in [0.717, 1.165) is 44.2 Å². The van der Waals surface area contributed by atoms with Gasteiger partial charge in [0.15, 0.2) is 5.65 Å². The molecule has 0 aliphatic heterocycles. The fourth-order valence-corrected chi connectivity index (χ4v) is 5.46. The third kappa shape index (κ3) is 2.16. The molecular formula is C29H17N5. The quantitative estimate of drug-likeness (QED) is 0.270. The molecule has 0 bridgehead atoms. The summed E-state index contributed by atoms with van der Waals surface area (Å²) in [5, 5.41) is 5.78. The zero-order chi connectivity index (χ0) is 22.2. The summed E-state index contributed by atoms with van der Waals surface area (Å²) in [6.07, 6.45) is 5.64. The number of aromatic nitrogens is 5. The summed E-state index contributed by atoms with van der Waals surface area (Å²) in [4.78, 5) is 14.2. The molecule has 5 aromatic heterocycles. The van der Waals surface area contributed by atoms with Gasteiger partial charge in [-0.05, 0) is 42.5 Å². The summed E-state index contributed by atoms with van der Waals surface area (Å²) in [6.45, 7) is 0. The van der Waals surface area contributed by atoms with E-state index in [1.807, 2.05) is 30.7 Å². The first kappa shape index (κ1) is 17.7. The Morgan fingerprint density at radius 3 is 2.38 bits per heavy atom. The summed E-state index contributed by atoms with van der Waals surface area (Å²) in [5.74, 6) is 0. The monoisotopic (exact) mass is 435 g/mol. The van der Waals surface area contributed by atoms with Crippen LogP contribution in [-0.4, -0.2) is 23.9 Å². The van der Waals surface area contributed by atoms with Gasteiger partial charge in [0, 0.05) is 51.2 Å². The van der Waals surface area contributed by atoms with Crippen molar-refractivity contribution >= 4 is 60.3 Å². The van der Waals surface area contributed by atoms with Crippen molar-refractivity contribution in [1.82, 2.24) is 23.9 Å². The molecule has 5 heteroatoms. The fraction of sp³-hybridized carbons (Fsp3) is 0. The van der Waals surface area contributed by atoms with Crippen LogP contribution in [0, 0.1) is 0 Å². The summed E-state index contributed by atoms with van der Waals surface area (Å²) in [5.41, 5.74) is 7.20. The fourth-order valence-electron chi connectivity index (χ4n) is 5.46. The van der Waals surface area contributed by atoms with Crippen molar-refractivity contribution < 1.29 is 0 Å². The van der Waals surface area contributed by atoms with Crippen LogP contribution in [0.2, 0.25) is 0 Å². The minimum atomic E-state index is 0.860. The summed E-state index contributed by atoms with van der Waals surface area (Å²) >= 11 is 0. The van der Waals surface area contributed by atoms with Crippen LogP contribution in [0.5, 0.6) is 0 Å². The van der Waals surface area contributed by atoms with Gasteiger partial charge in [0.25, 0.3) is 0 Å². The largest absolute Gasteiger partial charge is 0.309 e. The number of nitrogens with zero attached hydrogens (tertiary/aromatic N) is 5. The zero-order valence-corrected chi connectivity index (χ0v) is 18.1. The topological polar surface area (TPSA) is 48.0 Å². The molecule has 0 aliphatic rings. The molecular weight excluding hydrogens is 418 g/mol. The molecule has 34 heavy (non-hydrogen) atoms. The van der Waals surface area contributed by atoms with Crippen molar-refractivity contribution in [2.24, 2.45) is 0 Å². The minimum absolute atomic E-state index is 0.860. The second-order valence-corrected chi connectivity index (χ2v) is 8.58. The number of hydrogen-bond acceptors (Lipinski definition) is 3. The molecule has 8 rings (SSSR count). The number of rotatable bonds is 1. The molecule has 0 N–H and O–H groups in total. The predicted octanol–water partition coefficient (Wildman–Crippen LogP) is 6.68. The Labute approximate surface area is 193 Å². The van der Waals surface area contributed by atoms with Gasteiger partial charge in [-0.1, -0.05) is 42.5 Å². The maximum atomic E-state index is 5.03. The molecule has 0 spiro atoms. The van der Waals surface area contributed by atoms with Crippen LogP contribution in [0.25, 0.3) is 66.0 Å². The summed E-state index contributed by atoms with van der Waals surface area (Å²) in [6, 6.07) is 29.6. The van der Waals surface area contributed by atoms with Gasteiger partial charge in [0.1, 0.15) is 11.2 Å². The first-order valence-corrected chi connectivity index (χ1v) is 11.3. The standard InChI is InChI=1S/C29H17N5/c1-2-7-18(8-3-1)33-24-11-5-4-9-19(24)20-12-13-21-26(27(20)33)22-17-30-16-14-25(22)34-28(21)32-23-10-6-15-31-29(23)34/h1-17H. The van der Waals surface area contributed by atoms with E-state index in [1.54, 1.807) is 0 Å². The third-order valence-corrected chi connectivity index (χ3v) is 6.82. The van der Waals surface area contributed by atoms with Crippen LogP contribution in [-0.2, 0) is 0 Å². The van der Waals surface area contributed by atoms with Crippen LogP contribution in [0.15, 0.2) is 104 Å². The second-order valence-electron chi connectivity index (χ2n) is 8.58. The minimum Gasteiger partial charge on any atom is -0.309 e. The van der Waals surface area contributed by atoms with Crippen molar-refractivity contribution in [3.63, 3.8) is 0 Å². The van der Waals surface area contributed by atoms with Crippen LogP contribution in [0.4, 0.5) is 0 Å². The van der Waals surface area contributed by atoms with Gasteiger partial charge in [-0.25, -0.2) is 9.97 Å². The van der Waals surface area contributed by atoms with Crippen molar-refractivity contribution in [2.45, 2.75) is 0 Å². The number of para-hydroxylation sites is 2. The molecule has 5 nitrogen and oxygen atoms in total. The van der Waals surface area contributed by atoms with E-state index in [0.29, 0.717) is 0 Å². The van der Waals surface area contributed by atoms with Crippen molar-refractivity contribution in [2.75, 3.05) is 0 Å². The Hall–Kier alpha value is -4.77. The number of benzene rings is 3. The van der Waals surface area contributed by atoms with Gasteiger partial charge in [0.05, 0.1) is 16.6 Å². The molecule has 0 fully saturated rings. The number of fused-ring (bicyclic) bond motifs is 12. The number of hydrogen-bond donors (Lipinski definition) is 0. The Morgan fingerprint density at radius 2 is 1.44 bits per heavy atom. The smallest absolute Gasteiger partial charge is 0.164 e. The van der Waals surface area contributed by atoms with E-state index < -0.39 is 0 Å². The summed E-state index contributed by atoms with van der Waals surface area (Å²) in [7, 11) is 0. The van der Waals surface area contributed by atoms with E-state index >= 15 is 0 Å². The van der Waals surface area contributed by atoms with E-state index in [4.69, 9.17) is 4.98 Å². The van der Waals surface area contributed by atoms with E-state index in [9.17, 15) is 0 Å². The lowest BCUT2D eigenvalue weighted by Gasteiger charge is -2.13. The van der Waals surface area contributed by atoms with Gasteiger partial charge in [-0.3, -0.25) is 9.38 Å². The zero-order valence-electron chi connectivity index (χ0n) is 18.1. The van der Waals surface area contributed by atoms with Crippen LogP contribution in [0.1, 0.15) is 0 Å². The number of imidazole rings is 1. The maximum absolute atomic E-state index is 5.03. The SMILES string of the molecule is c1ccc(-n2c3ccccc3c3ccc4c(c5cnccc5n5c6ncccc6nc45)c32)cc1. The van der Waals surface area contributed by atoms with Crippen LogP contribution < -0.4 is 0 Å². The summed E-state index contributed by atoms with van der Waals surface area (Å²) < 4.78 is 4.53. The Kier molecular flexibility index (Phi) is 3.34. The molecule has 8 aromatic rings. The Bertz CT molecular complexity index is 2070. The van der Waals surface area contributed by atoms with Gasteiger partial charge >= 0.3 is 0 Å². The number of pyridine rings is 3. The highest BCUT2D eigenvalue weighted by molar-refractivity contribution is 6.27.